The molecule has 2 fully saturated rings. The summed E-state index contributed by atoms with van der Waals surface area (Å²) < 4.78 is 0. The van der Waals surface area contributed by atoms with Gasteiger partial charge in [0.1, 0.15) is 0 Å². The van der Waals surface area contributed by atoms with Gasteiger partial charge in [-0.2, -0.15) is 0 Å². The Kier molecular flexibility index (Phi) is 7.52. The van der Waals surface area contributed by atoms with Crippen molar-refractivity contribution in [1.82, 2.24) is 9.80 Å². The number of nitrogens with two attached hydrogens (primary N) is 1. The van der Waals surface area contributed by atoms with E-state index in [1.165, 1.54) is 12.8 Å². The molecule has 1 aliphatic heterocycles. The molecule has 6 heteroatoms. The molecular weight excluding hydrogens is 273 g/mol. The van der Waals surface area contributed by atoms with Crippen molar-refractivity contribution in [1.29, 1.82) is 0 Å². The predicted molar refractivity (Wildman–Crippen MR) is 78.5 cm³/mol. The highest BCUT2D eigenvalue weighted by molar-refractivity contribution is 5.85. The lowest BCUT2D eigenvalue weighted by atomic mass is 10.0. The first-order valence-corrected chi connectivity index (χ1v) is 6.38. The summed E-state index contributed by atoms with van der Waals surface area (Å²) in [4.78, 5) is 16.5. The Labute approximate surface area is 122 Å². The van der Waals surface area contributed by atoms with Gasteiger partial charge < -0.3 is 10.6 Å². The van der Waals surface area contributed by atoms with Crippen LogP contribution in [0.3, 0.4) is 0 Å². The van der Waals surface area contributed by atoms with E-state index in [1.807, 2.05) is 18.7 Å². The van der Waals surface area contributed by atoms with E-state index in [4.69, 9.17) is 5.73 Å². The number of carbonyl (C=O) groups is 1. The van der Waals surface area contributed by atoms with Crippen molar-refractivity contribution in [2.75, 3.05) is 26.2 Å². The van der Waals surface area contributed by atoms with Crippen molar-refractivity contribution in [3.05, 3.63) is 0 Å². The molecule has 4 nitrogen and oxygen atoms in total. The zero-order chi connectivity index (χ0) is 11.7. The second-order valence-electron chi connectivity index (χ2n) is 5.36. The zero-order valence-electron chi connectivity index (χ0n) is 11.2. The van der Waals surface area contributed by atoms with Crippen LogP contribution in [0.2, 0.25) is 0 Å². The second kappa shape index (κ2) is 7.53. The van der Waals surface area contributed by atoms with Crippen LogP contribution >= 0.6 is 24.8 Å². The standard InChI is InChI=1S/C12H23N3O.2ClH/c1-9(2)11(13)12(16)15-7-5-14(6-8-15)10-3-4-10;;/h9-11H,3-8,13H2,1-2H3;2*1H/t11-;;/m1../s1. The summed E-state index contributed by atoms with van der Waals surface area (Å²) in [6.45, 7) is 7.78. The summed E-state index contributed by atoms with van der Waals surface area (Å²) in [5.74, 6) is 0.361. The van der Waals surface area contributed by atoms with E-state index in [0.29, 0.717) is 0 Å². The Morgan fingerprint density at radius 2 is 1.61 bits per heavy atom. The Bertz CT molecular complexity index is 264. The van der Waals surface area contributed by atoms with Crippen LogP contribution in [0.4, 0.5) is 0 Å². The summed E-state index contributed by atoms with van der Waals surface area (Å²) in [5, 5.41) is 0. The molecule has 18 heavy (non-hydrogen) atoms. The third-order valence-electron chi connectivity index (χ3n) is 3.69. The molecule has 0 aromatic carbocycles. The minimum absolute atomic E-state index is 0. The third-order valence-corrected chi connectivity index (χ3v) is 3.69. The van der Waals surface area contributed by atoms with E-state index in [-0.39, 0.29) is 42.7 Å². The number of amides is 1. The highest BCUT2D eigenvalue weighted by Crippen LogP contribution is 2.27. The Balaban J connectivity index is 0.00000144. The Morgan fingerprint density at radius 3 is 2.00 bits per heavy atom. The molecule has 108 valence electrons. The average Bonchev–Trinajstić information content (AvgIpc) is 3.11. The lowest BCUT2D eigenvalue weighted by Gasteiger charge is -2.36. The molecule has 2 N–H and O–H groups in total. The number of hydrogen-bond acceptors (Lipinski definition) is 3. The van der Waals surface area contributed by atoms with Gasteiger partial charge in [-0.25, -0.2) is 0 Å². The molecule has 1 atom stereocenters. The highest BCUT2D eigenvalue weighted by atomic mass is 35.5. The van der Waals surface area contributed by atoms with Crippen LogP contribution in [0.5, 0.6) is 0 Å². The van der Waals surface area contributed by atoms with Gasteiger partial charge in [-0.15, -0.1) is 24.8 Å². The van der Waals surface area contributed by atoms with Crippen LogP contribution in [0.1, 0.15) is 26.7 Å². The van der Waals surface area contributed by atoms with Crippen molar-refractivity contribution in [2.45, 2.75) is 38.8 Å². The quantitative estimate of drug-likeness (QED) is 0.849. The highest BCUT2D eigenvalue weighted by Gasteiger charge is 2.33. The van der Waals surface area contributed by atoms with E-state index in [1.54, 1.807) is 0 Å². The maximum Gasteiger partial charge on any atom is 0.239 e. The molecule has 0 unspecified atom stereocenters. The minimum atomic E-state index is -0.326. The van der Waals surface area contributed by atoms with Crippen molar-refractivity contribution >= 4 is 30.7 Å². The van der Waals surface area contributed by atoms with Gasteiger partial charge >= 0.3 is 0 Å². The Hall–Kier alpha value is -0.0300. The van der Waals surface area contributed by atoms with Gasteiger partial charge in [-0.1, -0.05) is 13.8 Å². The van der Waals surface area contributed by atoms with Gasteiger partial charge in [-0.3, -0.25) is 9.69 Å². The molecule has 1 saturated carbocycles. The number of nitrogens with zero attached hydrogens (tertiary/aromatic N) is 2. The molecular formula is C12H25Cl2N3O. The molecule has 2 aliphatic rings. The van der Waals surface area contributed by atoms with Gasteiger partial charge in [-0.05, 0) is 18.8 Å². The minimum Gasteiger partial charge on any atom is -0.339 e. The fourth-order valence-electron chi connectivity index (χ4n) is 2.24. The third kappa shape index (κ3) is 4.26. The molecule has 1 aliphatic carbocycles. The number of carbonyl (C=O) groups excluding carboxylic acids is 1. The van der Waals surface area contributed by atoms with Crippen LogP contribution in [-0.4, -0.2) is 54.0 Å². The van der Waals surface area contributed by atoms with Gasteiger partial charge in [0.25, 0.3) is 0 Å². The maximum atomic E-state index is 12.0. The van der Waals surface area contributed by atoms with Gasteiger partial charge in [0.15, 0.2) is 0 Å². The molecule has 0 radical (unpaired) electrons. The number of piperazine rings is 1. The fourth-order valence-corrected chi connectivity index (χ4v) is 2.24. The largest absolute Gasteiger partial charge is 0.339 e. The van der Waals surface area contributed by atoms with Gasteiger partial charge in [0.05, 0.1) is 6.04 Å². The predicted octanol–water partition coefficient (Wildman–Crippen LogP) is 1.12. The lowest BCUT2D eigenvalue weighted by molar-refractivity contribution is -0.135. The molecule has 2 rings (SSSR count). The normalized spacial score (nSPS) is 22.1. The van der Waals surface area contributed by atoms with Crippen LogP contribution < -0.4 is 5.73 Å². The number of rotatable bonds is 3. The molecule has 0 aromatic heterocycles. The first-order chi connectivity index (χ1) is 7.59. The van der Waals surface area contributed by atoms with E-state index >= 15 is 0 Å². The van der Waals surface area contributed by atoms with E-state index in [2.05, 4.69) is 4.90 Å². The number of hydrogen-bond donors (Lipinski definition) is 1. The number of halogens is 2. The lowest BCUT2D eigenvalue weighted by Crippen LogP contribution is -2.54. The molecule has 0 aromatic rings. The summed E-state index contributed by atoms with van der Waals surface area (Å²) in [6.07, 6.45) is 2.69. The van der Waals surface area contributed by atoms with E-state index in [0.717, 1.165) is 32.2 Å². The molecule has 1 heterocycles. The van der Waals surface area contributed by atoms with E-state index < -0.39 is 0 Å². The van der Waals surface area contributed by atoms with Crippen LogP contribution in [0.25, 0.3) is 0 Å². The van der Waals surface area contributed by atoms with Gasteiger partial charge in [0, 0.05) is 32.2 Å². The average molecular weight is 298 g/mol. The smallest absolute Gasteiger partial charge is 0.239 e. The summed E-state index contributed by atoms with van der Waals surface area (Å²) in [7, 11) is 0. The molecule has 0 bridgehead atoms. The first kappa shape index (κ1) is 18.0. The van der Waals surface area contributed by atoms with Gasteiger partial charge in [0.2, 0.25) is 5.91 Å². The van der Waals surface area contributed by atoms with Crippen molar-refractivity contribution in [3.63, 3.8) is 0 Å². The summed E-state index contributed by atoms with van der Waals surface area (Å²) >= 11 is 0. The molecule has 0 spiro atoms. The first-order valence-electron chi connectivity index (χ1n) is 6.38. The van der Waals surface area contributed by atoms with Crippen LogP contribution in [0, 0.1) is 5.92 Å². The van der Waals surface area contributed by atoms with Crippen molar-refractivity contribution in [2.24, 2.45) is 11.7 Å². The molecule has 1 amide bonds. The van der Waals surface area contributed by atoms with E-state index in [9.17, 15) is 4.79 Å². The van der Waals surface area contributed by atoms with Crippen molar-refractivity contribution in [3.8, 4) is 0 Å². The van der Waals surface area contributed by atoms with Crippen LogP contribution in [-0.2, 0) is 4.79 Å². The second-order valence-corrected chi connectivity index (χ2v) is 5.36. The summed E-state index contributed by atoms with van der Waals surface area (Å²) in [5.41, 5.74) is 5.89. The van der Waals surface area contributed by atoms with Crippen molar-refractivity contribution < 1.29 is 4.79 Å². The fraction of sp³-hybridized carbons (Fsp3) is 0.917. The topological polar surface area (TPSA) is 49.6 Å². The molecule has 1 saturated heterocycles. The zero-order valence-corrected chi connectivity index (χ0v) is 12.8. The Morgan fingerprint density at radius 1 is 1.11 bits per heavy atom. The SMILES string of the molecule is CC(C)[C@@H](N)C(=O)N1CCN(C2CC2)CC1.Cl.Cl. The summed E-state index contributed by atoms with van der Waals surface area (Å²) in [6, 6.07) is 0.489. The monoisotopic (exact) mass is 297 g/mol. The van der Waals surface area contributed by atoms with Crippen LogP contribution in [0.15, 0.2) is 0 Å². The maximum absolute atomic E-state index is 12.0.